The highest BCUT2D eigenvalue weighted by Gasteiger charge is 2.01. The maximum atomic E-state index is 11.2. The van der Waals surface area contributed by atoms with Gasteiger partial charge in [0, 0.05) is 6.42 Å². The van der Waals surface area contributed by atoms with Crippen LogP contribution in [0, 0.1) is 0 Å². The van der Waals surface area contributed by atoms with Crippen LogP contribution in [0.5, 0.6) is 0 Å². The molecule has 0 heterocycles. The van der Waals surface area contributed by atoms with Crippen LogP contribution in [-0.4, -0.2) is 12.6 Å². The molecule has 2 heteroatoms. The van der Waals surface area contributed by atoms with Crippen molar-refractivity contribution in [2.45, 2.75) is 60.8 Å². The zero-order chi connectivity index (χ0) is 15.5. The van der Waals surface area contributed by atoms with Crippen LogP contribution in [-0.2, 0) is 9.53 Å². The van der Waals surface area contributed by atoms with Crippen LogP contribution >= 0.6 is 0 Å². The predicted octanol–water partition coefficient (Wildman–Crippen LogP) is 5.46. The summed E-state index contributed by atoms with van der Waals surface area (Å²) in [7, 11) is 0. The van der Waals surface area contributed by atoms with Gasteiger partial charge in [-0.25, -0.2) is 0 Å². The molecule has 0 amide bonds. The van der Waals surface area contributed by atoms with E-state index >= 15 is 0 Å². The average Bonchev–Trinajstić information content (AvgIpc) is 2.49. The lowest BCUT2D eigenvalue weighted by Gasteiger charge is -2.04. The van der Waals surface area contributed by atoms with Gasteiger partial charge in [-0.3, -0.25) is 4.79 Å². The van der Waals surface area contributed by atoms with Crippen molar-refractivity contribution in [3.8, 4) is 0 Å². The molecule has 0 saturated carbocycles. The van der Waals surface area contributed by atoms with Crippen LogP contribution in [0.4, 0.5) is 0 Å². The fourth-order valence-electron chi connectivity index (χ4n) is 0.952. The third-order valence-corrected chi connectivity index (χ3v) is 1.90. The van der Waals surface area contributed by atoms with Crippen molar-refractivity contribution in [3.63, 3.8) is 0 Å². The molecule has 0 spiro atoms. The highest BCUT2D eigenvalue weighted by atomic mass is 16.5. The van der Waals surface area contributed by atoms with E-state index in [-0.39, 0.29) is 5.97 Å². The zero-order valence-corrected chi connectivity index (χ0v) is 13.7. The summed E-state index contributed by atoms with van der Waals surface area (Å²) in [6.07, 6.45) is 9.82. The molecule has 19 heavy (non-hydrogen) atoms. The van der Waals surface area contributed by atoms with Gasteiger partial charge in [-0.05, 0) is 18.9 Å². The molecule has 0 fully saturated rings. The first-order valence-corrected chi connectivity index (χ1v) is 7.34. The van der Waals surface area contributed by atoms with E-state index in [1.54, 1.807) is 6.08 Å². The minimum absolute atomic E-state index is 0.134. The highest BCUT2D eigenvalue weighted by molar-refractivity contribution is 5.69. The van der Waals surface area contributed by atoms with Crippen molar-refractivity contribution < 1.29 is 9.53 Å². The van der Waals surface area contributed by atoms with Crippen LogP contribution in [0.3, 0.4) is 0 Å². The largest absolute Gasteiger partial charge is 0.461 e. The lowest BCUT2D eigenvalue weighted by Crippen LogP contribution is -2.06. The molecule has 0 aromatic heterocycles. The summed E-state index contributed by atoms with van der Waals surface area (Å²) in [6.45, 7) is 16.0. The second kappa shape index (κ2) is 21.9. The Labute approximate surface area is 120 Å². The van der Waals surface area contributed by atoms with Gasteiger partial charge in [0.1, 0.15) is 6.61 Å². The summed E-state index contributed by atoms with van der Waals surface area (Å²) >= 11 is 0. The number of rotatable bonds is 7. The Balaban J connectivity index is -0.000000579. The van der Waals surface area contributed by atoms with E-state index < -0.39 is 0 Å². The Morgan fingerprint density at radius 3 is 2.21 bits per heavy atom. The van der Waals surface area contributed by atoms with E-state index in [1.165, 1.54) is 0 Å². The van der Waals surface area contributed by atoms with Crippen molar-refractivity contribution in [1.82, 2.24) is 0 Å². The fourth-order valence-corrected chi connectivity index (χ4v) is 0.952. The Morgan fingerprint density at radius 2 is 1.79 bits per heavy atom. The van der Waals surface area contributed by atoms with E-state index in [0.29, 0.717) is 13.0 Å². The molecule has 0 N–H and O–H groups in total. The Morgan fingerprint density at radius 1 is 1.21 bits per heavy atom. The number of hydrogen-bond donors (Lipinski definition) is 0. The molecule has 112 valence electrons. The second-order valence-corrected chi connectivity index (χ2v) is 3.24. The molecular formula is C17H32O2. The third-order valence-electron chi connectivity index (χ3n) is 1.90. The summed E-state index contributed by atoms with van der Waals surface area (Å²) < 4.78 is 5.08. The number of esters is 1. The first-order chi connectivity index (χ1) is 9.24. The van der Waals surface area contributed by atoms with Gasteiger partial charge in [-0.2, -0.15) is 0 Å². The Kier molecular flexibility index (Phi) is 26.3. The Bertz CT molecular complexity index is 250. The van der Waals surface area contributed by atoms with Crippen LogP contribution in [0.25, 0.3) is 0 Å². The van der Waals surface area contributed by atoms with Crippen LogP contribution in [0.1, 0.15) is 60.8 Å². The van der Waals surface area contributed by atoms with Crippen molar-refractivity contribution in [2.75, 3.05) is 6.61 Å². The minimum Gasteiger partial charge on any atom is -0.461 e. The van der Waals surface area contributed by atoms with Crippen molar-refractivity contribution in [1.29, 1.82) is 0 Å². The lowest BCUT2D eigenvalue weighted by molar-refractivity contribution is -0.142. The van der Waals surface area contributed by atoms with E-state index in [4.69, 9.17) is 4.74 Å². The standard InChI is InChI=1S/C13H20O2.2C2H6/c1-4-7-9-12(6-3)11-15-13(14)10-8-5-2;2*1-2/h4,6-7,9H,3,5,8,10-11H2,1-2H3;2*1-2H3/b7-4-,12-9+;;. The van der Waals surface area contributed by atoms with Gasteiger partial charge in [0.15, 0.2) is 0 Å². The van der Waals surface area contributed by atoms with E-state index in [2.05, 4.69) is 6.58 Å². The quantitative estimate of drug-likeness (QED) is 0.452. The molecule has 0 atom stereocenters. The van der Waals surface area contributed by atoms with Gasteiger partial charge in [0.25, 0.3) is 0 Å². The van der Waals surface area contributed by atoms with Crippen LogP contribution < -0.4 is 0 Å². The summed E-state index contributed by atoms with van der Waals surface area (Å²) in [5.74, 6) is -0.134. The normalized spacial score (nSPS) is 9.89. The van der Waals surface area contributed by atoms with Crippen LogP contribution in [0.15, 0.2) is 36.5 Å². The number of carbonyl (C=O) groups is 1. The van der Waals surface area contributed by atoms with Crippen molar-refractivity contribution in [3.05, 3.63) is 36.5 Å². The lowest BCUT2D eigenvalue weighted by atomic mass is 10.2. The summed E-state index contributed by atoms with van der Waals surface area (Å²) in [5, 5.41) is 0. The van der Waals surface area contributed by atoms with Crippen molar-refractivity contribution in [2.24, 2.45) is 0 Å². The molecule has 0 aromatic carbocycles. The van der Waals surface area contributed by atoms with Gasteiger partial charge < -0.3 is 4.74 Å². The molecule has 0 radical (unpaired) electrons. The number of carbonyl (C=O) groups excluding carboxylic acids is 1. The summed E-state index contributed by atoms with van der Waals surface area (Å²) in [4.78, 5) is 11.2. The fraction of sp³-hybridized carbons (Fsp3) is 0.588. The maximum Gasteiger partial charge on any atom is 0.306 e. The molecule has 0 unspecified atom stereocenters. The van der Waals surface area contributed by atoms with Gasteiger partial charge in [0.05, 0.1) is 0 Å². The monoisotopic (exact) mass is 268 g/mol. The highest BCUT2D eigenvalue weighted by Crippen LogP contribution is 2.01. The minimum atomic E-state index is -0.134. The van der Waals surface area contributed by atoms with E-state index in [9.17, 15) is 4.79 Å². The predicted molar refractivity (Wildman–Crippen MR) is 86.3 cm³/mol. The van der Waals surface area contributed by atoms with Crippen molar-refractivity contribution >= 4 is 5.97 Å². The van der Waals surface area contributed by atoms with Crippen LogP contribution in [0.2, 0.25) is 0 Å². The number of ether oxygens (including phenoxy) is 1. The molecule has 2 nitrogen and oxygen atoms in total. The molecule has 0 aliphatic heterocycles. The summed E-state index contributed by atoms with van der Waals surface area (Å²) in [5.41, 5.74) is 0.915. The molecule has 0 bridgehead atoms. The second-order valence-electron chi connectivity index (χ2n) is 3.24. The molecule has 0 rings (SSSR count). The van der Waals surface area contributed by atoms with Gasteiger partial charge >= 0.3 is 5.97 Å². The molecule has 0 aromatic rings. The van der Waals surface area contributed by atoms with E-state index in [0.717, 1.165) is 18.4 Å². The molecular weight excluding hydrogens is 236 g/mol. The molecule has 0 aliphatic rings. The number of hydrogen-bond acceptors (Lipinski definition) is 2. The molecule has 0 saturated heterocycles. The zero-order valence-electron chi connectivity index (χ0n) is 13.7. The third kappa shape index (κ3) is 19.2. The first-order valence-electron chi connectivity index (χ1n) is 7.34. The van der Waals surface area contributed by atoms with E-state index in [1.807, 2.05) is 59.8 Å². The smallest absolute Gasteiger partial charge is 0.306 e. The number of unbranched alkanes of at least 4 members (excludes halogenated alkanes) is 1. The SMILES string of the molecule is C=C/C(=C\C=C/C)COC(=O)CCCC.CC.CC. The summed E-state index contributed by atoms with van der Waals surface area (Å²) in [6, 6.07) is 0. The van der Waals surface area contributed by atoms with Gasteiger partial charge in [0.2, 0.25) is 0 Å². The van der Waals surface area contributed by atoms with Gasteiger partial charge in [-0.1, -0.05) is 71.9 Å². The molecule has 0 aliphatic carbocycles. The topological polar surface area (TPSA) is 26.3 Å². The van der Waals surface area contributed by atoms with Gasteiger partial charge in [-0.15, -0.1) is 0 Å². The first kappa shape index (κ1) is 22.8. The number of allylic oxidation sites excluding steroid dienone is 3. The Hall–Kier alpha value is -1.31. The average molecular weight is 268 g/mol. The maximum absolute atomic E-state index is 11.2.